The standard InChI is InChI=1S/C20H34N2O4/c1-15(2)13-17(22-12-8-7-11-18(22)23)20(25)26-14-19(24)21(3)16-9-5-4-6-10-16/h15-17H,4-14H2,1-3H3. The van der Waals surface area contributed by atoms with Crippen LogP contribution in [-0.4, -0.2) is 59.9 Å². The third-order valence-electron chi connectivity index (χ3n) is 5.56. The Kier molecular flexibility index (Phi) is 7.91. The average molecular weight is 367 g/mol. The third-order valence-corrected chi connectivity index (χ3v) is 5.56. The topological polar surface area (TPSA) is 66.9 Å². The third kappa shape index (κ3) is 5.71. The van der Waals surface area contributed by atoms with Gasteiger partial charge < -0.3 is 14.5 Å². The van der Waals surface area contributed by atoms with Crippen molar-refractivity contribution in [2.45, 2.75) is 83.7 Å². The van der Waals surface area contributed by atoms with E-state index in [-0.39, 0.29) is 30.4 Å². The lowest BCUT2D eigenvalue weighted by Crippen LogP contribution is -2.49. The number of hydrogen-bond donors (Lipinski definition) is 0. The van der Waals surface area contributed by atoms with Crippen LogP contribution < -0.4 is 0 Å². The Balaban J connectivity index is 1.91. The molecule has 1 saturated heterocycles. The number of carbonyl (C=O) groups is 3. The first kappa shape index (κ1) is 20.7. The minimum atomic E-state index is -0.574. The van der Waals surface area contributed by atoms with Gasteiger partial charge in [0, 0.05) is 26.1 Å². The summed E-state index contributed by atoms with van der Waals surface area (Å²) in [7, 11) is 1.80. The van der Waals surface area contributed by atoms with Gasteiger partial charge in [0.05, 0.1) is 0 Å². The molecule has 1 atom stereocenters. The molecule has 1 unspecified atom stereocenters. The van der Waals surface area contributed by atoms with Gasteiger partial charge in [0.15, 0.2) is 6.61 Å². The predicted octanol–water partition coefficient (Wildman–Crippen LogP) is 2.75. The summed E-state index contributed by atoms with van der Waals surface area (Å²) in [6.07, 6.45) is 8.42. The van der Waals surface area contributed by atoms with E-state index in [0.29, 0.717) is 19.4 Å². The van der Waals surface area contributed by atoms with Crippen LogP contribution in [0, 0.1) is 5.92 Å². The van der Waals surface area contributed by atoms with Crippen molar-refractivity contribution in [3.63, 3.8) is 0 Å². The first-order chi connectivity index (χ1) is 12.4. The summed E-state index contributed by atoms with van der Waals surface area (Å²) >= 11 is 0. The zero-order chi connectivity index (χ0) is 19.1. The first-order valence-electron chi connectivity index (χ1n) is 10.1. The number of carbonyl (C=O) groups excluding carboxylic acids is 3. The molecular formula is C20H34N2O4. The van der Waals surface area contributed by atoms with Crippen LogP contribution in [0.15, 0.2) is 0 Å². The van der Waals surface area contributed by atoms with E-state index in [1.165, 1.54) is 6.42 Å². The number of likely N-dealkylation sites (tertiary alicyclic amines) is 1. The van der Waals surface area contributed by atoms with Gasteiger partial charge in [-0.15, -0.1) is 0 Å². The molecule has 0 aromatic rings. The van der Waals surface area contributed by atoms with Gasteiger partial charge in [-0.05, 0) is 38.0 Å². The predicted molar refractivity (Wildman–Crippen MR) is 99.4 cm³/mol. The van der Waals surface area contributed by atoms with Crippen LogP contribution in [0.5, 0.6) is 0 Å². The molecule has 1 aliphatic heterocycles. The van der Waals surface area contributed by atoms with Crippen LogP contribution in [0.3, 0.4) is 0 Å². The largest absolute Gasteiger partial charge is 0.454 e. The zero-order valence-corrected chi connectivity index (χ0v) is 16.5. The molecule has 1 saturated carbocycles. The van der Waals surface area contributed by atoms with Crippen molar-refractivity contribution < 1.29 is 19.1 Å². The van der Waals surface area contributed by atoms with Crippen molar-refractivity contribution in [1.82, 2.24) is 9.80 Å². The number of nitrogens with zero attached hydrogens (tertiary/aromatic N) is 2. The summed E-state index contributed by atoms with van der Waals surface area (Å²) in [5.74, 6) is -0.315. The van der Waals surface area contributed by atoms with Gasteiger partial charge in [-0.2, -0.15) is 0 Å². The highest BCUT2D eigenvalue weighted by Crippen LogP contribution is 2.22. The van der Waals surface area contributed by atoms with Crippen molar-refractivity contribution in [1.29, 1.82) is 0 Å². The summed E-state index contributed by atoms with van der Waals surface area (Å²) in [5.41, 5.74) is 0. The molecule has 2 amide bonds. The highest BCUT2D eigenvalue weighted by Gasteiger charge is 2.33. The molecule has 0 radical (unpaired) electrons. The summed E-state index contributed by atoms with van der Waals surface area (Å²) < 4.78 is 5.36. The molecule has 2 aliphatic rings. The fourth-order valence-corrected chi connectivity index (χ4v) is 3.96. The van der Waals surface area contributed by atoms with E-state index in [9.17, 15) is 14.4 Å². The Morgan fingerprint density at radius 3 is 2.46 bits per heavy atom. The molecule has 6 nitrogen and oxygen atoms in total. The van der Waals surface area contributed by atoms with Gasteiger partial charge in [-0.1, -0.05) is 33.1 Å². The molecule has 0 aromatic heterocycles. The second-order valence-electron chi connectivity index (χ2n) is 8.09. The lowest BCUT2D eigenvalue weighted by molar-refractivity contribution is -0.161. The maximum Gasteiger partial charge on any atom is 0.329 e. The highest BCUT2D eigenvalue weighted by atomic mass is 16.5. The van der Waals surface area contributed by atoms with E-state index in [1.807, 2.05) is 13.8 Å². The van der Waals surface area contributed by atoms with Gasteiger partial charge >= 0.3 is 5.97 Å². The molecule has 2 rings (SSSR count). The van der Waals surface area contributed by atoms with Crippen LogP contribution in [0.4, 0.5) is 0 Å². The number of ether oxygens (including phenoxy) is 1. The van der Waals surface area contributed by atoms with Gasteiger partial charge in [0.1, 0.15) is 6.04 Å². The van der Waals surface area contributed by atoms with Crippen LogP contribution in [0.2, 0.25) is 0 Å². The van der Waals surface area contributed by atoms with Crippen molar-refractivity contribution in [3.8, 4) is 0 Å². The fraction of sp³-hybridized carbons (Fsp3) is 0.850. The number of hydrogen-bond acceptors (Lipinski definition) is 4. The summed E-state index contributed by atoms with van der Waals surface area (Å²) in [6, 6.07) is -0.319. The Hall–Kier alpha value is -1.59. The van der Waals surface area contributed by atoms with Gasteiger partial charge in [-0.3, -0.25) is 9.59 Å². The minimum absolute atomic E-state index is 0.0181. The van der Waals surface area contributed by atoms with Crippen LogP contribution >= 0.6 is 0 Å². The van der Waals surface area contributed by atoms with E-state index in [4.69, 9.17) is 4.74 Å². The maximum absolute atomic E-state index is 12.6. The lowest BCUT2D eigenvalue weighted by Gasteiger charge is -2.34. The monoisotopic (exact) mass is 366 g/mol. The zero-order valence-electron chi connectivity index (χ0n) is 16.5. The molecule has 0 bridgehead atoms. The van der Waals surface area contributed by atoms with E-state index in [0.717, 1.165) is 38.5 Å². The quantitative estimate of drug-likeness (QED) is 0.650. The molecule has 0 aromatic carbocycles. The van der Waals surface area contributed by atoms with Crippen molar-refractivity contribution in [2.24, 2.45) is 5.92 Å². The number of rotatable bonds is 7. The number of esters is 1. The molecule has 0 spiro atoms. The SMILES string of the molecule is CC(C)CC(C(=O)OCC(=O)N(C)C1CCCCC1)N1CCCCC1=O. The Morgan fingerprint density at radius 1 is 1.15 bits per heavy atom. The van der Waals surface area contributed by atoms with E-state index in [1.54, 1.807) is 16.8 Å². The van der Waals surface area contributed by atoms with E-state index in [2.05, 4.69) is 0 Å². The summed E-state index contributed by atoms with van der Waals surface area (Å²) in [6.45, 7) is 4.41. The summed E-state index contributed by atoms with van der Waals surface area (Å²) in [5, 5.41) is 0. The Labute approximate surface area is 157 Å². The van der Waals surface area contributed by atoms with E-state index < -0.39 is 12.0 Å². The Morgan fingerprint density at radius 2 is 1.85 bits per heavy atom. The molecular weight excluding hydrogens is 332 g/mol. The molecule has 0 N–H and O–H groups in total. The molecule has 1 aliphatic carbocycles. The van der Waals surface area contributed by atoms with Crippen LogP contribution in [0.1, 0.15) is 71.6 Å². The average Bonchev–Trinajstić information content (AvgIpc) is 2.64. The van der Waals surface area contributed by atoms with Gasteiger partial charge in [0.25, 0.3) is 5.91 Å². The van der Waals surface area contributed by atoms with Gasteiger partial charge in [-0.25, -0.2) is 4.79 Å². The molecule has 2 fully saturated rings. The second-order valence-corrected chi connectivity index (χ2v) is 8.09. The van der Waals surface area contributed by atoms with Gasteiger partial charge in [0.2, 0.25) is 5.91 Å². The minimum Gasteiger partial charge on any atom is -0.454 e. The summed E-state index contributed by atoms with van der Waals surface area (Å²) in [4.78, 5) is 40.6. The van der Waals surface area contributed by atoms with Crippen molar-refractivity contribution >= 4 is 17.8 Å². The molecule has 1 heterocycles. The van der Waals surface area contributed by atoms with Crippen molar-refractivity contribution in [3.05, 3.63) is 0 Å². The molecule has 148 valence electrons. The fourth-order valence-electron chi connectivity index (χ4n) is 3.96. The molecule has 6 heteroatoms. The lowest BCUT2D eigenvalue weighted by atomic mass is 9.94. The number of likely N-dealkylation sites (N-methyl/N-ethyl adjacent to an activating group) is 1. The molecule has 26 heavy (non-hydrogen) atoms. The highest BCUT2D eigenvalue weighted by molar-refractivity contribution is 5.86. The van der Waals surface area contributed by atoms with Crippen LogP contribution in [-0.2, 0) is 19.1 Å². The maximum atomic E-state index is 12.6. The number of amides is 2. The van der Waals surface area contributed by atoms with E-state index >= 15 is 0 Å². The smallest absolute Gasteiger partial charge is 0.329 e. The van der Waals surface area contributed by atoms with Crippen LogP contribution in [0.25, 0.3) is 0 Å². The van der Waals surface area contributed by atoms with Crippen molar-refractivity contribution in [2.75, 3.05) is 20.2 Å². The normalized spacial score (nSPS) is 20.2. The second kappa shape index (κ2) is 9.93. The Bertz CT molecular complexity index is 500. The number of piperidine rings is 1. The first-order valence-corrected chi connectivity index (χ1v) is 10.1.